The zero-order chi connectivity index (χ0) is 12.8. The smallest absolute Gasteiger partial charge is 0.138 e. The molecule has 0 fully saturated rings. The van der Waals surface area contributed by atoms with Crippen LogP contribution >= 0.6 is 11.8 Å². The Bertz CT molecular complexity index is 519. The minimum absolute atomic E-state index is 0.218. The predicted molar refractivity (Wildman–Crippen MR) is 70.8 cm³/mol. The van der Waals surface area contributed by atoms with E-state index in [9.17, 15) is 4.39 Å². The summed E-state index contributed by atoms with van der Waals surface area (Å²) < 4.78 is 13.0. The molecule has 0 aliphatic heterocycles. The van der Waals surface area contributed by atoms with Gasteiger partial charge in [0.25, 0.3) is 0 Å². The van der Waals surface area contributed by atoms with Crippen molar-refractivity contribution in [3.63, 3.8) is 0 Å². The van der Waals surface area contributed by atoms with Gasteiger partial charge in [-0.15, -0.1) is 11.8 Å². The lowest BCUT2D eigenvalue weighted by molar-refractivity contribution is 0.624. The lowest BCUT2D eigenvalue weighted by Gasteiger charge is -2.03. The molecule has 3 nitrogen and oxygen atoms in total. The molecule has 5 heteroatoms. The molecule has 1 aromatic heterocycles. The first-order valence-corrected chi connectivity index (χ1v) is 6.60. The van der Waals surface area contributed by atoms with Crippen LogP contribution in [-0.2, 0) is 12.3 Å². The molecular weight excluding hydrogens is 249 g/mol. The van der Waals surface area contributed by atoms with Gasteiger partial charge in [-0.05, 0) is 31.3 Å². The van der Waals surface area contributed by atoms with E-state index in [-0.39, 0.29) is 5.82 Å². The van der Waals surface area contributed by atoms with Crippen LogP contribution in [0.4, 0.5) is 4.39 Å². The van der Waals surface area contributed by atoms with E-state index >= 15 is 0 Å². The lowest BCUT2D eigenvalue weighted by atomic mass is 10.4. The Morgan fingerprint density at radius 2 is 2.22 bits per heavy atom. The Labute approximate surface area is 110 Å². The van der Waals surface area contributed by atoms with E-state index in [0.717, 1.165) is 23.0 Å². The molecule has 1 heterocycles. The van der Waals surface area contributed by atoms with Crippen molar-refractivity contribution in [3.8, 4) is 0 Å². The summed E-state index contributed by atoms with van der Waals surface area (Å²) in [6.45, 7) is 0.722. The minimum atomic E-state index is -0.218. The SMILES string of the molecule is CNCc1ccnc(CSc2cccc(F)c2)n1. The van der Waals surface area contributed by atoms with E-state index < -0.39 is 0 Å². The van der Waals surface area contributed by atoms with Gasteiger partial charge in [-0.1, -0.05) is 6.07 Å². The quantitative estimate of drug-likeness (QED) is 0.842. The van der Waals surface area contributed by atoms with Gasteiger partial charge in [0.1, 0.15) is 11.6 Å². The number of hydrogen-bond donors (Lipinski definition) is 1. The molecule has 0 saturated carbocycles. The molecule has 0 spiro atoms. The van der Waals surface area contributed by atoms with Crippen molar-refractivity contribution < 1.29 is 4.39 Å². The Morgan fingerprint density at radius 3 is 3.00 bits per heavy atom. The molecule has 0 bridgehead atoms. The van der Waals surface area contributed by atoms with E-state index in [0.29, 0.717) is 5.75 Å². The number of halogens is 1. The third-order valence-corrected chi connectivity index (χ3v) is 3.27. The molecule has 1 N–H and O–H groups in total. The Balaban J connectivity index is 1.99. The fraction of sp³-hybridized carbons (Fsp3) is 0.231. The summed E-state index contributed by atoms with van der Waals surface area (Å²) in [6, 6.07) is 8.42. The maximum atomic E-state index is 13.0. The molecule has 0 aliphatic rings. The van der Waals surface area contributed by atoms with Crippen molar-refractivity contribution in [2.75, 3.05) is 7.05 Å². The fourth-order valence-electron chi connectivity index (χ4n) is 1.50. The maximum absolute atomic E-state index is 13.0. The van der Waals surface area contributed by atoms with E-state index in [2.05, 4.69) is 15.3 Å². The zero-order valence-corrected chi connectivity index (χ0v) is 10.9. The van der Waals surface area contributed by atoms with Crippen molar-refractivity contribution >= 4 is 11.8 Å². The van der Waals surface area contributed by atoms with Crippen LogP contribution in [0.3, 0.4) is 0 Å². The highest BCUT2D eigenvalue weighted by Gasteiger charge is 2.01. The van der Waals surface area contributed by atoms with Crippen LogP contribution in [0.1, 0.15) is 11.5 Å². The fourth-order valence-corrected chi connectivity index (χ4v) is 2.30. The normalized spacial score (nSPS) is 10.6. The van der Waals surface area contributed by atoms with Gasteiger partial charge in [0.05, 0.1) is 11.4 Å². The van der Waals surface area contributed by atoms with Crippen LogP contribution in [0.5, 0.6) is 0 Å². The highest BCUT2D eigenvalue weighted by molar-refractivity contribution is 7.98. The van der Waals surface area contributed by atoms with Gasteiger partial charge in [-0.25, -0.2) is 14.4 Å². The van der Waals surface area contributed by atoms with Crippen LogP contribution in [0.15, 0.2) is 41.4 Å². The molecule has 94 valence electrons. The molecule has 18 heavy (non-hydrogen) atoms. The van der Waals surface area contributed by atoms with Crippen LogP contribution in [0.25, 0.3) is 0 Å². The average molecular weight is 263 g/mol. The monoisotopic (exact) mass is 263 g/mol. The minimum Gasteiger partial charge on any atom is -0.314 e. The Morgan fingerprint density at radius 1 is 1.33 bits per heavy atom. The van der Waals surface area contributed by atoms with Gasteiger partial charge in [0.15, 0.2) is 0 Å². The standard InChI is InChI=1S/C13H14FN3S/c1-15-8-11-5-6-16-13(17-11)9-18-12-4-2-3-10(14)7-12/h2-7,15H,8-9H2,1H3. The molecule has 0 atom stereocenters. The van der Waals surface area contributed by atoms with Crippen LogP contribution in [0.2, 0.25) is 0 Å². The number of aromatic nitrogens is 2. The van der Waals surface area contributed by atoms with Crippen LogP contribution in [-0.4, -0.2) is 17.0 Å². The van der Waals surface area contributed by atoms with Gasteiger partial charge in [-0.3, -0.25) is 0 Å². The first-order chi connectivity index (χ1) is 8.78. The van der Waals surface area contributed by atoms with Crippen molar-refractivity contribution in [3.05, 3.63) is 53.9 Å². The molecule has 1 aromatic carbocycles. The number of thioether (sulfide) groups is 1. The summed E-state index contributed by atoms with van der Waals surface area (Å²) in [4.78, 5) is 9.50. The summed E-state index contributed by atoms with van der Waals surface area (Å²) >= 11 is 1.53. The predicted octanol–water partition coefficient (Wildman–Crippen LogP) is 2.63. The molecule has 0 radical (unpaired) electrons. The van der Waals surface area contributed by atoms with E-state index in [1.807, 2.05) is 19.2 Å². The molecule has 2 rings (SSSR count). The van der Waals surface area contributed by atoms with Crippen LogP contribution < -0.4 is 5.32 Å². The number of benzene rings is 1. The van der Waals surface area contributed by atoms with Gasteiger partial charge in [0, 0.05) is 17.6 Å². The zero-order valence-electron chi connectivity index (χ0n) is 10.1. The van der Waals surface area contributed by atoms with Gasteiger partial charge < -0.3 is 5.32 Å². The molecule has 0 aliphatic carbocycles. The third-order valence-electron chi connectivity index (χ3n) is 2.29. The largest absolute Gasteiger partial charge is 0.314 e. The molecule has 0 unspecified atom stereocenters. The average Bonchev–Trinajstić information content (AvgIpc) is 2.37. The number of nitrogens with one attached hydrogen (secondary N) is 1. The topological polar surface area (TPSA) is 37.8 Å². The summed E-state index contributed by atoms with van der Waals surface area (Å²) in [5.74, 6) is 1.18. The van der Waals surface area contributed by atoms with Crippen molar-refractivity contribution in [1.29, 1.82) is 0 Å². The summed E-state index contributed by atoms with van der Waals surface area (Å²) in [6.07, 6.45) is 1.75. The van der Waals surface area contributed by atoms with E-state index in [4.69, 9.17) is 0 Å². The number of nitrogens with zero attached hydrogens (tertiary/aromatic N) is 2. The number of rotatable bonds is 5. The van der Waals surface area contributed by atoms with Crippen molar-refractivity contribution in [2.24, 2.45) is 0 Å². The van der Waals surface area contributed by atoms with E-state index in [1.165, 1.54) is 23.9 Å². The van der Waals surface area contributed by atoms with Gasteiger partial charge in [0.2, 0.25) is 0 Å². The molecule has 0 saturated heterocycles. The lowest BCUT2D eigenvalue weighted by Crippen LogP contribution is -2.08. The number of hydrogen-bond acceptors (Lipinski definition) is 4. The summed E-state index contributed by atoms with van der Waals surface area (Å²) in [7, 11) is 1.88. The van der Waals surface area contributed by atoms with Gasteiger partial charge in [-0.2, -0.15) is 0 Å². The highest BCUT2D eigenvalue weighted by atomic mass is 32.2. The second kappa shape index (κ2) is 6.47. The van der Waals surface area contributed by atoms with Crippen molar-refractivity contribution in [1.82, 2.24) is 15.3 Å². The third kappa shape index (κ3) is 3.78. The van der Waals surface area contributed by atoms with Crippen LogP contribution in [0, 0.1) is 5.82 Å². The second-order valence-electron chi connectivity index (χ2n) is 3.74. The summed E-state index contributed by atoms with van der Waals surface area (Å²) in [5.41, 5.74) is 0.961. The first-order valence-electron chi connectivity index (χ1n) is 5.61. The van der Waals surface area contributed by atoms with E-state index in [1.54, 1.807) is 12.3 Å². The first kappa shape index (κ1) is 13.0. The highest BCUT2D eigenvalue weighted by Crippen LogP contribution is 2.21. The summed E-state index contributed by atoms with van der Waals surface area (Å²) in [5, 5.41) is 3.05. The Hall–Kier alpha value is -1.46. The maximum Gasteiger partial charge on any atom is 0.138 e. The molecule has 0 amide bonds. The second-order valence-corrected chi connectivity index (χ2v) is 4.79. The molecular formula is C13H14FN3S. The molecule has 2 aromatic rings. The van der Waals surface area contributed by atoms with Crippen molar-refractivity contribution in [2.45, 2.75) is 17.2 Å². The Kier molecular flexibility index (Phi) is 4.66. The van der Waals surface area contributed by atoms with Gasteiger partial charge >= 0.3 is 0 Å².